The smallest absolute Gasteiger partial charge is 0.337 e. The van der Waals surface area contributed by atoms with Gasteiger partial charge in [0.2, 0.25) is 5.79 Å². The number of hydrogen-bond donors (Lipinski definition) is 2. The van der Waals surface area contributed by atoms with Gasteiger partial charge in [0.15, 0.2) is 5.78 Å². The van der Waals surface area contributed by atoms with Crippen molar-refractivity contribution in [2.24, 2.45) is 0 Å². The number of nitrogens with one attached hydrogen (secondary N) is 2. The number of carbonyl (C=O) groups is 3. The summed E-state index contributed by atoms with van der Waals surface area (Å²) in [6.45, 7) is 0.253. The Kier molecular flexibility index (Phi) is 9.06. The molecule has 1 aliphatic rings. The number of esters is 1. The summed E-state index contributed by atoms with van der Waals surface area (Å²) in [5.41, 5.74) is 1.73. The maximum absolute atomic E-state index is 15.8. The van der Waals surface area contributed by atoms with E-state index >= 15 is 4.39 Å². The summed E-state index contributed by atoms with van der Waals surface area (Å²) in [5, 5.41) is 5.86. The van der Waals surface area contributed by atoms with Gasteiger partial charge < -0.3 is 20.1 Å². The van der Waals surface area contributed by atoms with Crippen LogP contribution in [0, 0.1) is 0 Å². The number of amides is 2. The highest BCUT2D eigenvalue weighted by atomic mass is 35.5. The molecule has 39 heavy (non-hydrogen) atoms. The summed E-state index contributed by atoms with van der Waals surface area (Å²) in [4.78, 5) is 38.3. The Bertz CT molecular complexity index is 1330. The largest absolute Gasteiger partial charge is 0.478 e. The monoisotopic (exact) mass is 573 g/mol. The molecule has 0 spiro atoms. The predicted octanol–water partition coefficient (Wildman–Crippen LogP) is 6.33. The minimum Gasteiger partial charge on any atom is -0.478 e. The zero-order valence-corrected chi connectivity index (χ0v) is 22.5. The van der Waals surface area contributed by atoms with Crippen molar-refractivity contribution < 1.29 is 28.2 Å². The third-order valence-corrected chi connectivity index (χ3v) is 6.93. The number of Topliss-reactive ketones (excluding diaryl/α,β-unsaturated/α-hetero) is 1. The van der Waals surface area contributed by atoms with Gasteiger partial charge in [0, 0.05) is 25.1 Å². The first-order chi connectivity index (χ1) is 18.7. The number of nitrogens with zero attached hydrogens (tertiary/aromatic N) is 1. The quantitative estimate of drug-likeness (QED) is 0.229. The van der Waals surface area contributed by atoms with Gasteiger partial charge in [0.25, 0.3) is 0 Å². The van der Waals surface area contributed by atoms with Crippen molar-refractivity contribution in [1.29, 1.82) is 0 Å². The molecule has 11 heteroatoms. The van der Waals surface area contributed by atoms with Crippen LogP contribution in [0.3, 0.4) is 0 Å². The Morgan fingerprint density at radius 2 is 1.64 bits per heavy atom. The molecule has 1 heterocycles. The summed E-state index contributed by atoms with van der Waals surface area (Å²) in [6.07, 6.45) is 0.462. The number of halogens is 3. The number of likely N-dealkylation sites (tertiary alicyclic amines) is 1. The van der Waals surface area contributed by atoms with Gasteiger partial charge in [-0.05, 0) is 60.5 Å². The van der Waals surface area contributed by atoms with Crippen molar-refractivity contribution in [3.8, 4) is 5.75 Å². The Hall–Kier alpha value is -3.66. The van der Waals surface area contributed by atoms with Crippen LogP contribution in [-0.4, -0.2) is 48.9 Å². The molecule has 204 valence electrons. The second-order valence-electron chi connectivity index (χ2n) is 8.89. The van der Waals surface area contributed by atoms with Crippen molar-refractivity contribution >= 4 is 52.4 Å². The normalized spacial score (nSPS) is 16.9. The van der Waals surface area contributed by atoms with Gasteiger partial charge in [0.1, 0.15) is 12.5 Å². The van der Waals surface area contributed by atoms with E-state index < -0.39 is 23.6 Å². The summed E-state index contributed by atoms with van der Waals surface area (Å²) < 4.78 is 26.2. The molecule has 2 amide bonds. The lowest BCUT2D eigenvalue weighted by atomic mass is 9.99. The number of ketones is 1. The van der Waals surface area contributed by atoms with Gasteiger partial charge in [0.05, 0.1) is 28.4 Å². The van der Waals surface area contributed by atoms with E-state index in [0.717, 1.165) is 0 Å². The van der Waals surface area contributed by atoms with E-state index in [2.05, 4.69) is 15.4 Å². The number of rotatable bonds is 9. The van der Waals surface area contributed by atoms with E-state index in [9.17, 15) is 14.4 Å². The van der Waals surface area contributed by atoms with Crippen molar-refractivity contribution in [1.82, 2.24) is 4.90 Å². The lowest BCUT2D eigenvalue weighted by molar-refractivity contribution is -0.144. The molecule has 1 aliphatic heterocycles. The molecule has 1 saturated heterocycles. The molecule has 4 rings (SSSR count). The van der Waals surface area contributed by atoms with Gasteiger partial charge in [-0.15, -0.1) is 0 Å². The number of ether oxygens (including phenoxy) is 2. The molecule has 3 aromatic rings. The van der Waals surface area contributed by atoms with Gasteiger partial charge in [-0.2, -0.15) is 0 Å². The standard InChI is InChI=1S/C28H26Cl2FN3O5/c1-38-26(36)19-8-12-21(13-9-19)39-17-34-15-3-14-28(34,31)24(35)16-18-6-10-20(11-7-18)32-27(37)33-25-22(29)4-2-5-23(25)30/h2,4-13H,3,14-17H2,1H3,(H2,32,33,37). The van der Waals surface area contributed by atoms with E-state index in [1.165, 1.54) is 12.0 Å². The van der Waals surface area contributed by atoms with E-state index in [0.29, 0.717) is 45.6 Å². The van der Waals surface area contributed by atoms with Gasteiger partial charge in [-0.1, -0.05) is 41.4 Å². The highest BCUT2D eigenvalue weighted by Gasteiger charge is 2.47. The van der Waals surface area contributed by atoms with Crippen molar-refractivity contribution in [3.05, 3.63) is 87.9 Å². The number of methoxy groups -OCH3 is 1. The molecule has 3 aromatic carbocycles. The molecular weight excluding hydrogens is 548 g/mol. The van der Waals surface area contributed by atoms with Crippen LogP contribution in [0.2, 0.25) is 10.0 Å². The van der Waals surface area contributed by atoms with Gasteiger partial charge >= 0.3 is 12.0 Å². The first-order valence-corrected chi connectivity index (χ1v) is 12.8. The van der Waals surface area contributed by atoms with E-state index in [4.69, 9.17) is 27.9 Å². The number of benzene rings is 3. The minimum atomic E-state index is -2.16. The lowest BCUT2D eigenvalue weighted by Crippen LogP contribution is -2.49. The second-order valence-corrected chi connectivity index (χ2v) is 9.70. The van der Waals surface area contributed by atoms with Crippen LogP contribution in [0.4, 0.5) is 20.6 Å². The number of anilines is 2. The van der Waals surface area contributed by atoms with E-state index in [1.54, 1.807) is 66.7 Å². The first kappa shape index (κ1) is 28.4. The molecule has 8 nitrogen and oxygen atoms in total. The Balaban J connectivity index is 1.32. The molecule has 1 fully saturated rings. The van der Waals surface area contributed by atoms with Crippen LogP contribution >= 0.6 is 23.2 Å². The highest BCUT2D eigenvalue weighted by molar-refractivity contribution is 6.39. The zero-order chi connectivity index (χ0) is 28.0. The van der Waals surface area contributed by atoms with Crippen LogP contribution in [-0.2, 0) is 16.0 Å². The molecule has 0 aliphatic carbocycles. The highest BCUT2D eigenvalue weighted by Crippen LogP contribution is 2.33. The SMILES string of the molecule is COC(=O)c1ccc(OCN2CCCC2(F)C(=O)Cc2ccc(NC(=O)Nc3c(Cl)cccc3Cl)cc2)cc1. The Morgan fingerprint density at radius 1 is 0.974 bits per heavy atom. The minimum absolute atomic E-state index is 0.0703. The average molecular weight is 574 g/mol. The summed E-state index contributed by atoms with van der Waals surface area (Å²) >= 11 is 12.2. The Labute approximate surface area is 235 Å². The van der Waals surface area contributed by atoms with Crippen molar-refractivity contribution in [3.63, 3.8) is 0 Å². The fraction of sp³-hybridized carbons (Fsp3) is 0.250. The molecule has 1 atom stereocenters. The number of alkyl halides is 1. The number of urea groups is 1. The third kappa shape index (κ3) is 6.86. The topological polar surface area (TPSA) is 97.0 Å². The molecule has 2 N–H and O–H groups in total. The Morgan fingerprint density at radius 3 is 2.28 bits per heavy atom. The fourth-order valence-electron chi connectivity index (χ4n) is 4.20. The summed E-state index contributed by atoms with van der Waals surface area (Å²) in [5.74, 6) is -2.76. The number of carbonyl (C=O) groups excluding carboxylic acids is 3. The van der Waals surface area contributed by atoms with Crippen LogP contribution < -0.4 is 15.4 Å². The van der Waals surface area contributed by atoms with Gasteiger partial charge in [-0.25, -0.2) is 18.9 Å². The number of hydrogen-bond acceptors (Lipinski definition) is 6. The second kappa shape index (κ2) is 12.5. The summed E-state index contributed by atoms with van der Waals surface area (Å²) in [7, 11) is 1.29. The summed E-state index contributed by atoms with van der Waals surface area (Å²) in [6, 6.07) is 17.1. The number of para-hydroxylation sites is 1. The average Bonchev–Trinajstić information content (AvgIpc) is 3.32. The predicted molar refractivity (Wildman–Crippen MR) is 147 cm³/mol. The molecule has 1 unspecified atom stereocenters. The molecule has 0 radical (unpaired) electrons. The zero-order valence-electron chi connectivity index (χ0n) is 21.0. The first-order valence-electron chi connectivity index (χ1n) is 12.1. The maximum Gasteiger partial charge on any atom is 0.337 e. The van der Waals surface area contributed by atoms with Crippen LogP contribution in [0.5, 0.6) is 5.75 Å². The van der Waals surface area contributed by atoms with Crippen LogP contribution in [0.25, 0.3) is 0 Å². The molecule has 0 aromatic heterocycles. The van der Waals surface area contributed by atoms with Gasteiger partial charge in [-0.3, -0.25) is 4.79 Å². The molecule has 0 saturated carbocycles. The molecular formula is C28H26Cl2FN3O5. The van der Waals surface area contributed by atoms with Crippen molar-refractivity contribution in [2.75, 3.05) is 31.0 Å². The van der Waals surface area contributed by atoms with E-state index in [1.807, 2.05) is 0 Å². The van der Waals surface area contributed by atoms with Crippen molar-refractivity contribution in [2.45, 2.75) is 25.1 Å². The fourth-order valence-corrected chi connectivity index (χ4v) is 4.69. The van der Waals surface area contributed by atoms with E-state index in [-0.39, 0.29) is 25.3 Å². The lowest BCUT2D eigenvalue weighted by Gasteiger charge is -2.29. The van der Waals surface area contributed by atoms with Crippen LogP contribution in [0.15, 0.2) is 66.7 Å². The maximum atomic E-state index is 15.8. The third-order valence-electron chi connectivity index (χ3n) is 6.30. The van der Waals surface area contributed by atoms with Crippen LogP contribution in [0.1, 0.15) is 28.8 Å². The molecule has 0 bridgehead atoms.